The molecule has 60 valence electrons. The molecule has 0 aromatic carbocycles. The summed E-state index contributed by atoms with van der Waals surface area (Å²) in [7, 11) is 0. The highest BCUT2D eigenvalue weighted by atomic mass is 16.5. The topological polar surface area (TPSA) is 59.2 Å². The van der Waals surface area contributed by atoms with Gasteiger partial charge in [-0.2, -0.15) is 4.98 Å². The van der Waals surface area contributed by atoms with E-state index >= 15 is 0 Å². The Balaban J connectivity index is 2.28. The fourth-order valence-corrected chi connectivity index (χ4v) is 1.22. The summed E-state index contributed by atoms with van der Waals surface area (Å²) >= 11 is 0. The molecule has 11 heavy (non-hydrogen) atoms. The highest BCUT2D eigenvalue weighted by Gasteiger charge is 2.40. The number of aryl methyl sites for hydroxylation is 1. The Hall–Kier alpha value is -0.900. The lowest BCUT2D eigenvalue weighted by Crippen LogP contribution is -2.34. The van der Waals surface area contributed by atoms with Gasteiger partial charge in [-0.25, -0.2) is 0 Å². The van der Waals surface area contributed by atoms with Crippen molar-refractivity contribution in [1.29, 1.82) is 0 Å². The number of hydrogen-bond acceptors (Lipinski definition) is 4. The van der Waals surface area contributed by atoms with E-state index in [1.54, 1.807) is 6.92 Å². The lowest BCUT2D eigenvalue weighted by atomic mass is 9.80. The molecule has 0 bridgehead atoms. The average Bonchev–Trinajstić information content (AvgIpc) is 2.31. The maximum Gasteiger partial charge on any atom is 0.223 e. The van der Waals surface area contributed by atoms with Gasteiger partial charge in [0, 0.05) is 6.92 Å². The van der Waals surface area contributed by atoms with Crippen LogP contribution in [0.1, 0.15) is 31.0 Å². The molecule has 0 radical (unpaired) electrons. The van der Waals surface area contributed by atoms with E-state index < -0.39 is 5.60 Å². The highest BCUT2D eigenvalue weighted by molar-refractivity contribution is 5.04. The number of hydrogen-bond donors (Lipinski definition) is 1. The summed E-state index contributed by atoms with van der Waals surface area (Å²) in [5.41, 5.74) is -0.780. The minimum absolute atomic E-state index is 0.446. The molecule has 1 aliphatic carbocycles. The van der Waals surface area contributed by atoms with E-state index in [1.165, 1.54) is 0 Å². The standard InChI is InChI=1S/C7H10N2O2/c1-5-8-6(9-11-5)7(10)3-2-4-7/h10H,2-4H2,1H3. The second-order valence-electron chi connectivity index (χ2n) is 3.02. The molecule has 0 atom stereocenters. The zero-order chi connectivity index (χ0) is 7.90. The Bertz CT molecular complexity index is 265. The first-order valence-electron chi connectivity index (χ1n) is 3.74. The Morgan fingerprint density at radius 3 is 2.64 bits per heavy atom. The molecule has 4 nitrogen and oxygen atoms in total. The predicted octanol–water partition coefficient (Wildman–Crippen LogP) is 0.750. The molecule has 0 aliphatic heterocycles. The predicted molar refractivity (Wildman–Crippen MR) is 36.8 cm³/mol. The zero-order valence-electron chi connectivity index (χ0n) is 6.37. The Kier molecular flexibility index (Phi) is 1.26. The maximum absolute atomic E-state index is 9.71. The molecule has 1 N–H and O–H groups in total. The summed E-state index contributed by atoms with van der Waals surface area (Å²) in [5, 5.41) is 13.4. The molecule has 0 saturated heterocycles. The van der Waals surface area contributed by atoms with Crippen molar-refractivity contribution in [2.75, 3.05) is 0 Å². The third-order valence-electron chi connectivity index (χ3n) is 2.12. The minimum atomic E-state index is -0.780. The second kappa shape index (κ2) is 2.04. The van der Waals surface area contributed by atoms with Crippen molar-refractivity contribution < 1.29 is 9.63 Å². The van der Waals surface area contributed by atoms with Gasteiger partial charge in [-0.05, 0) is 19.3 Å². The van der Waals surface area contributed by atoms with Gasteiger partial charge in [0.25, 0.3) is 0 Å². The number of aromatic nitrogens is 2. The molecule has 0 spiro atoms. The third kappa shape index (κ3) is 0.939. The van der Waals surface area contributed by atoms with Crippen LogP contribution in [0.25, 0.3) is 0 Å². The van der Waals surface area contributed by atoms with E-state index in [1.807, 2.05) is 0 Å². The molecule has 1 saturated carbocycles. The monoisotopic (exact) mass is 154 g/mol. The van der Waals surface area contributed by atoms with Crippen molar-refractivity contribution in [3.05, 3.63) is 11.7 Å². The van der Waals surface area contributed by atoms with Gasteiger partial charge in [0.15, 0.2) is 0 Å². The van der Waals surface area contributed by atoms with Crippen molar-refractivity contribution >= 4 is 0 Å². The van der Waals surface area contributed by atoms with Gasteiger partial charge >= 0.3 is 0 Å². The molecular weight excluding hydrogens is 144 g/mol. The van der Waals surface area contributed by atoms with E-state index in [-0.39, 0.29) is 0 Å². The molecule has 1 fully saturated rings. The largest absolute Gasteiger partial charge is 0.382 e. The van der Waals surface area contributed by atoms with Crippen LogP contribution in [0.4, 0.5) is 0 Å². The van der Waals surface area contributed by atoms with Crippen LogP contribution in [0.2, 0.25) is 0 Å². The summed E-state index contributed by atoms with van der Waals surface area (Å²) < 4.78 is 4.77. The molecule has 0 amide bonds. The van der Waals surface area contributed by atoms with Gasteiger partial charge in [0.05, 0.1) is 0 Å². The Labute approximate surface area is 64.2 Å². The van der Waals surface area contributed by atoms with E-state index in [0.29, 0.717) is 11.7 Å². The van der Waals surface area contributed by atoms with Crippen LogP contribution in [-0.4, -0.2) is 15.2 Å². The normalized spacial score (nSPS) is 21.3. The number of rotatable bonds is 1. The van der Waals surface area contributed by atoms with Crippen LogP contribution in [0.15, 0.2) is 4.52 Å². The van der Waals surface area contributed by atoms with Crippen molar-refractivity contribution in [1.82, 2.24) is 10.1 Å². The van der Waals surface area contributed by atoms with Crippen molar-refractivity contribution in [3.63, 3.8) is 0 Å². The molecule has 1 aliphatic rings. The summed E-state index contributed by atoms with van der Waals surface area (Å²) in [6.07, 6.45) is 2.56. The van der Waals surface area contributed by atoms with E-state index in [4.69, 9.17) is 4.52 Å². The molecule has 1 aromatic rings. The van der Waals surface area contributed by atoms with Gasteiger partial charge in [-0.15, -0.1) is 0 Å². The van der Waals surface area contributed by atoms with Crippen molar-refractivity contribution in [2.24, 2.45) is 0 Å². The van der Waals surface area contributed by atoms with Crippen LogP contribution in [0, 0.1) is 6.92 Å². The minimum Gasteiger partial charge on any atom is -0.382 e. The fourth-order valence-electron chi connectivity index (χ4n) is 1.22. The average molecular weight is 154 g/mol. The summed E-state index contributed by atoms with van der Waals surface area (Å²) in [4.78, 5) is 3.98. The van der Waals surface area contributed by atoms with Gasteiger partial charge in [-0.3, -0.25) is 0 Å². The number of nitrogens with zero attached hydrogens (tertiary/aromatic N) is 2. The highest BCUT2D eigenvalue weighted by Crippen LogP contribution is 2.39. The van der Waals surface area contributed by atoms with Gasteiger partial charge in [0.1, 0.15) is 5.60 Å². The lowest BCUT2D eigenvalue weighted by Gasteiger charge is -2.32. The molecule has 1 heterocycles. The quantitative estimate of drug-likeness (QED) is 0.648. The Morgan fingerprint density at radius 1 is 1.55 bits per heavy atom. The third-order valence-corrected chi connectivity index (χ3v) is 2.12. The maximum atomic E-state index is 9.71. The van der Waals surface area contributed by atoms with Crippen molar-refractivity contribution in [2.45, 2.75) is 31.8 Å². The summed E-state index contributed by atoms with van der Waals surface area (Å²) in [5.74, 6) is 0.960. The summed E-state index contributed by atoms with van der Waals surface area (Å²) in [6.45, 7) is 1.72. The first-order valence-corrected chi connectivity index (χ1v) is 3.74. The molecule has 2 rings (SSSR count). The van der Waals surface area contributed by atoms with Crippen LogP contribution in [-0.2, 0) is 5.60 Å². The molecule has 0 unspecified atom stereocenters. The lowest BCUT2D eigenvalue weighted by molar-refractivity contribution is -0.0482. The first-order chi connectivity index (χ1) is 5.21. The molecule has 4 heteroatoms. The smallest absolute Gasteiger partial charge is 0.223 e. The zero-order valence-corrected chi connectivity index (χ0v) is 6.37. The molecule has 1 aromatic heterocycles. The second-order valence-corrected chi connectivity index (χ2v) is 3.02. The number of aliphatic hydroxyl groups is 1. The van der Waals surface area contributed by atoms with Crippen molar-refractivity contribution in [3.8, 4) is 0 Å². The Morgan fingerprint density at radius 2 is 2.27 bits per heavy atom. The van der Waals surface area contributed by atoms with E-state index in [9.17, 15) is 5.11 Å². The first kappa shape index (κ1) is 6.79. The SMILES string of the molecule is Cc1nc(C2(O)CCC2)no1. The fraction of sp³-hybridized carbons (Fsp3) is 0.714. The van der Waals surface area contributed by atoms with Crippen LogP contribution in [0.5, 0.6) is 0 Å². The van der Waals surface area contributed by atoms with E-state index in [2.05, 4.69) is 10.1 Å². The molecular formula is C7H10N2O2. The van der Waals surface area contributed by atoms with E-state index in [0.717, 1.165) is 19.3 Å². The van der Waals surface area contributed by atoms with Crippen LogP contribution >= 0.6 is 0 Å². The van der Waals surface area contributed by atoms with Gasteiger partial charge in [-0.1, -0.05) is 5.16 Å². The van der Waals surface area contributed by atoms with Crippen LogP contribution in [0.3, 0.4) is 0 Å². The van der Waals surface area contributed by atoms with Gasteiger partial charge in [0.2, 0.25) is 11.7 Å². The summed E-state index contributed by atoms with van der Waals surface area (Å²) in [6, 6.07) is 0. The van der Waals surface area contributed by atoms with Crippen LogP contribution < -0.4 is 0 Å². The van der Waals surface area contributed by atoms with Gasteiger partial charge < -0.3 is 9.63 Å².